The average molecular weight is 408 g/mol. The van der Waals surface area contributed by atoms with Gasteiger partial charge in [0.2, 0.25) is 0 Å². The Morgan fingerprint density at radius 2 is 1.63 bits per heavy atom. The number of halogens is 3. The zero-order valence-electron chi connectivity index (χ0n) is 16.1. The molecule has 0 radical (unpaired) electrons. The summed E-state index contributed by atoms with van der Waals surface area (Å²) in [6, 6.07) is 8.92. The smallest absolute Gasteiger partial charge is 0.355 e. The standard InChI is InChI=1S/C23H19F3N4/c1-3-15-7-10-20(29-19(15)4-2)30-13-17(14-30)22-21(27-11-12-28-22)16-5-8-18(9-6-16)23(24,25)26/h3-12,17H,1-2,13-14H2. The Labute approximate surface area is 172 Å². The van der Waals surface area contributed by atoms with Crippen LogP contribution in [0.5, 0.6) is 0 Å². The number of rotatable bonds is 5. The molecular formula is C23H19F3N4. The molecule has 0 atom stereocenters. The van der Waals surface area contributed by atoms with Crippen molar-refractivity contribution in [2.24, 2.45) is 0 Å². The number of pyridine rings is 1. The first-order valence-corrected chi connectivity index (χ1v) is 9.40. The fourth-order valence-electron chi connectivity index (χ4n) is 3.51. The van der Waals surface area contributed by atoms with Gasteiger partial charge in [-0.2, -0.15) is 13.2 Å². The minimum Gasteiger partial charge on any atom is -0.355 e. The Kier molecular flexibility index (Phi) is 5.11. The molecule has 4 rings (SSSR count). The fourth-order valence-corrected chi connectivity index (χ4v) is 3.51. The van der Waals surface area contributed by atoms with Crippen molar-refractivity contribution in [2.75, 3.05) is 18.0 Å². The van der Waals surface area contributed by atoms with Gasteiger partial charge in [0.05, 0.1) is 22.6 Å². The predicted octanol–water partition coefficient (Wildman–Crippen LogP) is 5.45. The van der Waals surface area contributed by atoms with E-state index in [2.05, 4.69) is 33.0 Å². The summed E-state index contributed by atoms with van der Waals surface area (Å²) in [5, 5.41) is 0. The summed E-state index contributed by atoms with van der Waals surface area (Å²) in [7, 11) is 0. The second kappa shape index (κ2) is 7.74. The van der Waals surface area contributed by atoms with Crippen molar-refractivity contribution in [1.82, 2.24) is 15.0 Å². The molecule has 0 unspecified atom stereocenters. The molecule has 152 valence electrons. The molecule has 0 spiro atoms. The third-order valence-corrected chi connectivity index (χ3v) is 5.16. The van der Waals surface area contributed by atoms with Gasteiger partial charge in [0.25, 0.3) is 0 Å². The van der Waals surface area contributed by atoms with Gasteiger partial charge in [-0.1, -0.05) is 31.4 Å². The minimum absolute atomic E-state index is 0.115. The van der Waals surface area contributed by atoms with Crippen LogP contribution < -0.4 is 4.90 Å². The Hall–Kier alpha value is -3.48. The SMILES string of the molecule is C=Cc1ccc(N2CC(c3nccnc3-c3ccc(C(F)(F)F)cc3)C2)nc1C=C. The van der Waals surface area contributed by atoms with E-state index in [0.29, 0.717) is 24.3 Å². The molecule has 1 fully saturated rings. The van der Waals surface area contributed by atoms with E-state index in [1.165, 1.54) is 12.1 Å². The third kappa shape index (κ3) is 3.70. The van der Waals surface area contributed by atoms with Crippen LogP contribution in [-0.2, 0) is 6.18 Å². The molecular weight excluding hydrogens is 389 g/mol. The van der Waals surface area contributed by atoms with Crippen molar-refractivity contribution in [3.05, 3.63) is 84.5 Å². The fraction of sp³-hybridized carbons (Fsp3) is 0.174. The number of alkyl halides is 3. The highest BCUT2D eigenvalue weighted by molar-refractivity contribution is 5.65. The van der Waals surface area contributed by atoms with Crippen molar-refractivity contribution in [2.45, 2.75) is 12.1 Å². The van der Waals surface area contributed by atoms with Gasteiger partial charge in [-0.05, 0) is 35.9 Å². The van der Waals surface area contributed by atoms with Gasteiger partial charge in [0, 0.05) is 37.0 Å². The van der Waals surface area contributed by atoms with Crippen molar-refractivity contribution in [3.8, 4) is 11.3 Å². The van der Waals surface area contributed by atoms with Crippen molar-refractivity contribution in [1.29, 1.82) is 0 Å². The lowest BCUT2D eigenvalue weighted by Crippen LogP contribution is -2.46. The number of hydrogen-bond donors (Lipinski definition) is 0. The van der Waals surface area contributed by atoms with E-state index in [1.807, 2.05) is 12.1 Å². The van der Waals surface area contributed by atoms with Crippen LogP contribution in [0, 0.1) is 0 Å². The van der Waals surface area contributed by atoms with Crippen LogP contribution in [-0.4, -0.2) is 28.0 Å². The molecule has 30 heavy (non-hydrogen) atoms. The van der Waals surface area contributed by atoms with E-state index < -0.39 is 11.7 Å². The lowest BCUT2D eigenvalue weighted by molar-refractivity contribution is -0.137. The quantitative estimate of drug-likeness (QED) is 0.563. The van der Waals surface area contributed by atoms with Crippen LogP contribution >= 0.6 is 0 Å². The van der Waals surface area contributed by atoms with Crippen molar-refractivity contribution < 1.29 is 13.2 Å². The summed E-state index contributed by atoms with van der Waals surface area (Å²) in [6.45, 7) is 8.97. The Morgan fingerprint density at radius 3 is 2.27 bits per heavy atom. The van der Waals surface area contributed by atoms with Gasteiger partial charge in [-0.15, -0.1) is 0 Å². The molecule has 7 heteroatoms. The maximum absolute atomic E-state index is 12.8. The van der Waals surface area contributed by atoms with E-state index in [1.54, 1.807) is 24.5 Å². The summed E-state index contributed by atoms with van der Waals surface area (Å²) in [5.41, 5.74) is 3.02. The molecule has 2 aromatic heterocycles. The summed E-state index contributed by atoms with van der Waals surface area (Å²) < 4.78 is 38.5. The van der Waals surface area contributed by atoms with E-state index >= 15 is 0 Å². The number of nitrogens with zero attached hydrogens (tertiary/aromatic N) is 4. The summed E-state index contributed by atoms with van der Waals surface area (Å²) in [5.74, 6) is 0.954. The molecule has 0 saturated carbocycles. The highest BCUT2D eigenvalue weighted by atomic mass is 19.4. The first-order valence-electron chi connectivity index (χ1n) is 9.40. The number of hydrogen-bond acceptors (Lipinski definition) is 4. The van der Waals surface area contributed by atoms with Crippen LogP contribution in [0.4, 0.5) is 19.0 Å². The molecule has 3 aromatic rings. The van der Waals surface area contributed by atoms with Crippen molar-refractivity contribution in [3.63, 3.8) is 0 Å². The first-order chi connectivity index (χ1) is 14.4. The monoisotopic (exact) mass is 408 g/mol. The molecule has 1 aliphatic heterocycles. The van der Waals surface area contributed by atoms with Gasteiger partial charge in [-0.3, -0.25) is 9.97 Å². The maximum atomic E-state index is 12.8. The molecule has 1 aliphatic rings. The van der Waals surface area contributed by atoms with E-state index in [4.69, 9.17) is 0 Å². The molecule has 0 bridgehead atoms. The summed E-state index contributed by atoms with van der Waals surface area (Å²) in [6.07, 6.45) is 2.24. The molecule has 0 N–H and O–H groups in total. The van der Waals surface area contributed by atoms with Crippen LogP contribution in [0.1, 0.15) is 28.4 Å². The topological polar surface area (TPSA) is 41.9 Å². The highest BCUT2D eigenvalue weighted by Crippen LogP contribution is 2.36. The van der Waals surface area contributed by atoms with E-state index in [9.17, 15) is 13.2 Å². The Balaban J connectivity index is 1.55. The first kappa shape index (κ1) is 19.8. The lowest BCUT2D eigenvalue weighted by atomic mass is 9.92. The molecule has 3 heterocycles. The average Bonchev–Trinajstić information content (AvgIpc) is 2.72. The second-order valence-electron chi connectivity index (χ2n) is 7.02. The number of anilines is 1. The molecule has 4 nitrogen and oxygen atoms in total. The number of aromatic nitrogens is 3. The molecule has 0 aliphatic carbocycles. The van der Waals surface area contributed by atoms with Crippen molar-refractivity contribution >= 4 is 18.0 Å². The second-order valence-corrected chi connectivity index (χ2v) is 7.02. The van der Waals surface area contributed by atoms with E-state index in [-0.39, 0.29) is 5.92 Å². The third-order valence-electron chi connectivity index (χ3n) is 5.16. The predicted molar refractivity (Wildman–Crippen MR) is 112 cm³/mol. The zero-order valence-corrected chi connectivity index (χ0v) is 16.1. The largest absolute Gasteiger partial charge is 0.416 e. The molecule has 1 saturated heterocycles. The van der Waals surface area contributed by atoms with Crippen LogP contribution in [0.3, 0.4) is 0 Å². The van der Waals surface area contributed by atoms with E-state index in [0.717, 1.165) is 34.9 Å². The van der Waals surface area contributed by atoms with Crippen LogP contribution in [0.2, 0.25) is 0 Å². The zero-order chi connectivity index (χ0) is 21.3. The lowest BCUT2D eigenvalue weighted by Gasteiger charge is -2.40. The van der Waals surface area contributed by atoms with Crippen LogP contribution in [0.15, 0.2) is 61.9 Å². The minimum atomic E-state index is -4.36. The number of benzene rings is 1. The Bertz CT molecular complexity index is 1080. The maximum Gasteiger partial charge on any atom is 0.416 e. The molecule has 1 aromatic carbocycles. The summed E-state index contributed by atoms with van der Waals surface area (Å²) in [4.78, 5) is 15.6. The van der Waals surface area contributed by atoms with Crippen LogP contribution in [0.25, 0.3) is 23.4 Å². The van der Waals surface area contributed by atoms with Gasteiger partial charge in [0.1, 0.15) is 5.82 Å². The summed E-state index contributed by atoms with van der Waals surface area (Å²) >= 11 is 0. The highest BCUT2D eigenvalue weighted by Gasteiger charge is 2.33. The Morgan fingerprint density at radius 1 is 0.933 bits per heavy atom. The van der Waals surface area contributed by atoms with Gasteiger partial charge in [0.15, 0.2) is 0 Å². The van der Waals surface area contributed by atoms with Gasteiger partial charge < -0.3 is 4.90 Å². The molecule has 0 amide bonds. The van der Waals surface area contributed by atoms with Gasteiger partial charge >= 0.3 is 6.18 Å². The normalized spacial score (nSPS) is 14.3. The van der Waals surface area contributed by atoms with Gasteiger partial charge in [-0.25, -0.2) is 4.98 Å².